The quantitative estimate of drug-likeness (QED) is 0.678. The number of nitrogens with zero attached hydrogens (tertiary/aromatic N) is 2. The summed E-state index contributed by atoms with van der Waals surface area (Å²) in [7, 11) is 0. The van der Waals surface area contributed by atoms with Crippen molar-refractivity contribution in [3.8, 4) is 11.4 Å². The van der Waals surface area contributed by atoms with E-state index >= 15 is 0 Å². The van der Waals surface area contributed by atoms with Gasteiger partial charge >= 0.3 is 0 Å². The lowest BCUT2D eigenvalue weighted by Gasteiger charge is -2.07. The van der Waals surface area contributed by atoms with Gasteiger partial charge in [-0.1, -0.05) is 48.5 Å². The van der Waals surface area contributed by atoms with Crippen molar-refractivity contribution < 1.29 is 0 Å². The van der Waals surface area contributed by atoms with Crippen LogP contribution >= 0.6 is 0 Å². The number of para-hydroxylation sites is 1. The van der Waals surface area contributed by atoms with Gasteiger partial charge in [0.05, 0.1) is 11.2 Å². The lowest BCUT2D eigenvalue weighted by Crippen LogP contribution is -1.96. The Balaban J connectivity index is 1.98. The third-order valence-corrected chi connectivity index (χ3v) is 3.63. The molecule has 2 heteroatoms. The molecule has 1 aliphatic carbocycles. The van der Waals surface area contributed by atoms with Gasteiger partial charge in [0.25, 0.3) is 0 Å². The molecule has 0 spiro atoms. The Kier molecular flexibility index (Phi) is 2.34. The summed E-state index contributed by atoms with van der Waals surface area (Å²) in [6.45, 7) is 0. The van der Waals surface area contributed by atoms with Gasteiger partial charge in [-0.05, 0) is 18.9 Å². The molecule has 19 heavy (non-hydrogen) atoms. The number of hydrogen-bond donors (Lipinski definition) is 0. The highest BCUT2D eigenvalue weighted by Gasteiger charge is 2.27. The lowest BCUT2D eigenvalue weighted by molar-refractivity contribution is 1.03. The van der Waals surface area contributed by atoms with Crippen LogP contribution in [0.1, 0.15) is 24.5 Å². The first kappa shape index (κ1) is 10.7. The lowest BCUT2D eigenvalue weighted by atomic mass is 10.1. The molecule has 1 fully saturated rings. The molecule has 92 valence electrons. The highest BCUT2D eigenvalue weighted by Crippen LogP contribution is 2.42. The molecule has 1 aromatic heterocycles. The van der Waals surface area contributed by atoms with Gasteiger partial charge in [-0.15, -0.1) is 0 Å². The molecule has 1 heterocycles. The molecule has 3 aromatic rings. The fourth-order valence-electron chi connectivity index (χ4n) is 2.49. The maximum absolute atomic E-state index is 4.82. The highest BCUT2D eigenvalue weighted by atomic mass is 14.9. The molecule has 2 nitrogen and oxygen atoms in total. The summed E-state index contributed by atoms with van der Waals surface area (Å²) in [6.07, 6.45) is 2.52. The molecule has 1 saturated carbocycles. The van der Waals surface area contributed by atoms with E-state index in [1.54, 1.807) is 0 Å². The Bertz CT molecular complexity index is 731. The Morgan fingerprint density at radius 3 is 2.32 bits per heavy atom. The minimum absolute atomic E-state index is 0.635. The fourth-order valence-corrected chi connectivity index (χ4v) is 2.49. The third kappa shape index (κ3) is 1.89. The molecule has 0 saturated heterocycles. The Morgan fingerprint density at radius 2 is 1.53 bits per heavy atom. The number of aromatic nitrogens is 2. The van der Waals surface area contributed by atoms with Crippen molar-refractivity contribution >= 4 is 10.9 Å². The van der Waals surface area contributed by atoms with Crippen molar-refractivity contribution in [2.75, 3.05) is 0 Å². The van der Waals surface area contributed by atoms with E-state index < -0.39 is 0 Å². The van der Waals surface area contributed by atoms with Gasteiger partial charge in [0.15, 0.2) is 5.82 Å². The van der Waals surface area contributed by atoms with Crippen LogP contribution in [0.2, 0.25) is 0 Å². The van der Waals surface area contributed by atoms with Gasteiger partial charge in [0.2, 0.25) is 0 Å². The molecule has 1 aliphatic rings. The Hall–Kier alpha value is -2.22. The van der Waals surface area contributed by atoms with Gasteiger partial charge < -0.3 is 0 Å². The monoisotopic (exact) mass is 246 g/mol. The second-order valence-electron chi connectivity index (χ2n) is 5.09. The van der Waals surface area contributed by atoms with Crippen LogP contribution < -0.4 is 0 Å². The topological polar surface area (TPSA) is 25.8 Å². The maximum atomic E-state index is 4.82. The minimum Gasteiger partial charge on any atom is -0.232 e. The zero-order valence-corrected chi connectivity index (χ0v) is 10.6. The van der Waals surface area contributed by atoms with Crippen molar-refractivity contribution in [3.05, 3.63) is 60.3 Å². The van der Waals surface area contributed by atoms with E-state index in [0.717, 1.165) is 16.9 Å². The number of hydrogen-bond acceptors (Lipinski definition) is 2. The molecule has 0 unspecified atom stereocenters. The van der Waals surface area contributed by atoms with E-state index in [-0.39, 0.29) is 0 Å². The van der Waals surface area contributed by atoms with Crippen LogP contribution in [0.4, 0.5) is 0 Å². The van der Waals surface area contributed by atoms with E-state index in [2.05, 4.69) is 30.3 Å². The largest absolute Gasteiger partial charge is 0.232 e. The van der Waals surface area contributed by atoms with E-state index in [0.29, 0.717) is 5.92 Å². The van der Waals surface area contributed by atoms with Crippen molar-refractivity contribution in [2.24, 2.45) is 0 Å². The van der Waals surface area contributed by atoms with E-state index in [1.807, 2.05) is 24.3 Å². The molecule has 4 rings (SSSR count). The van der Waals surface area contributed by atoms with E-state index in [4.69, 9.17) is 9.97 Å². The van der Waals surface area contributed by atoms with Crippen molar-refractivity contribution in [1.82, 2.24) is 9.97 Å². The van der Waals surface area contributed by atoms with E-state index in [1.165, 1.54) is 23.9 Å². The molecular weight excluding hydrogens is 232 g/mol. The summed E-state index contributed by atoms with van der Waals surface area (Å²) in [5.74, 6) is 1.48. The first-order valence-corrected chi connectivity index (χ1v) is 6.74. The van der Waals surface area contributed by atoms with Gasteiger partial charge in [0.1, 0.15) is 0 Å². The zero-order chi connectivity index (χ0) is 12.7. The third-order valence-electron chi connectivity index (χ3n) is 3.63. The molecule has 0 N–H and O–H groups in total. The molecule has 0 radical (unpaired) electrons. The second-order valence-corrected chi connectivity index (χ2v) is 5.09. The SMILES string of the molecule is c1ccc(-c2nc(C3CC3)c3ccccc3n2)cc1. The van der Waals surface area contributed by atoms with Crippen molar-refractivity contribution in [1.29, 1.82) is 0 Å². The van der Waals surface area contributed by atoms with Gasteiger partial charge in [-0.2, -0.15) is 0 Å². The Labute approximate surface area is 112 Å². The summed E-state index contributed by atoms with van der Waals surface area (Å²) in [5, 5.41) is 1.21. The van der Waals surface area contributed by atoms with Crippen LogP contribution in [-0.4, -0.2) is 9.97 Å². The molecule has 0 aliphatic heterocycles. The van der Waals surface area contributed by atoms with Gasteiger partial charge in [0, 0.05) is 16.9 Å². The van der Waals surface area contributed by atoms with Crippen LogP contribution in [0.25, 0.3) is 22.3 Å². The van der Waals surface area contributed by atoms with Crippen LogP contribution in [-0.2, 0) is 0 Å². The molecule has 2 aromatic carbocycles. The van der Waals surface area contributed by atoms with Crippen LogP contribution in [0, 0.1) is 0 Å². The van der Waals surface area contributed by atoms with Crippen molar-refractivity contribution in [2.45, 2.75) is 18.8 Å². The number of rotatable bonds is 2. The maximum Gasteiger partial charge on any atom is 0.160 e. The average molecular weight is 246 g/mol. The number of benzene rings is 2. The average Bonchev–Trinajstić information content (AvgIpc) is 3.32. The van der Waals surface area contributed by atoms with Crippen LogP contribution in [0.15, 0.2) is 54.6 Å². The summed E-state index contributed by atoms with van der Waals surface area (Å²) < 4.78 is 0. The molecular formula is C17H14N2. The first-order valence-electron chi connectivity index (χ1n) is 6.74. The fraction of sp³-hybridized carbons (Fsp3) is 0.176. The molecule has 0 amide bonds. The van der Waals surface area contributed by atoms with E-state index in [9.17, 15) is 0 Å². The predicted molar refractivity (Wildman–Crippen MR) is 76.9 cm³/mol. The van der Waals surface area contributed by atoms with Crippen LogP contribution in [0.5, 0.6) is 0 Å². The minimum atomic E-state index is 0.635. The highest BCUT2D eigenvalue weighted by molar-refractivity contribution is 5.83. The summed E-state index contributed by atoms with van der Waals surface area (Å²) >= 11 is 0. The molecule has 0 atom stereocenters. The predicted octanol–water partition coefficient (Wildman–Crippen LogP) is 4.17. The number of fused-ring (bicyclic) bond motifs is 1. The summed E-state index contributed by atoms with van der Waals surface area (Å²) in [4.78, 5) is 9.53. The van der Waals surface area contributed by atoms with Crippen LogP contribution in [0.3, 0.4) is 0 Å². The van der Waals surface area contributed by atoms with Crippen molar-refractivity contribution in [3.63, 3.8) is 0 Å². The standard InChI is InChI=1S/C17H14N2/c1-2-6-13(7-3-1)17-18-15-9-5-4-8-14(15)16(19-17)12-10-11-12/h1-9,12H,10-11H2. The summed E-state index contributed by atoms with van der Waals surface area (Å²) in [5.41, 5.74) is 3.37. The first-order chi connectivity index (χ1) is 9.42. The smallest absolute Gasteiger partial charge is 0.160 e. The Morgan fingerprint density at radius 1 is 0.789 bits per heavy atom. The van der Waals surface area contributed by atoms with Gasteiger partial charge in [-0.3, -0.25) is 0 Å². The molecule has 0 bridgehead atoms. The normalized spacial score (nSPS) is 14.7. The zero-order valence-electron chi connectivity index (χ0n) is 10.6. The van der Waals surface area contributed by atoms with Gasteiger partial charge in [-0.25, -0.2) is 9.97 Å². The second kappa shape index (κ2) is 4.16. The summed E-state index contributed by atoms with van der Waals surface area (Å²) in [6, 6.07) is 18.6.